The average Bonchev–Trinajstić information content (AvgIpc) is 2.53. The maximum atomic E-state index is 12.2. The summed E-state index contributed by atoms with van der Waals surface area (Å²) in [6.07, 6.45) is 7.95. The van der Waals surface area contributed by atoms with E-state index in [0.717, 1.165) is 12.8 Å². The molecule has 23 heavy (non-hydrogen) atoms. The lowest BCUT2D eigenvalue weighted by molar-refractivity contribution is 0.0956. The SMILES string of the molecule is CCN(c1ccc(C(=O)NCC2=CCCCC2)cc1)S(C)(=O)=O. The van der Waals surface area contributed by atoms with E-state index in [4.69, 9.17) is 0 Å². The van der Waals surface area contributed by atoms with Gasteiger partial charge in [0, 0.05) is 18.7 Å². The summed E-state index contributed by atoms with van der Waals surface area (Å²) in [5, 5.41) is 2.92. The number of amides is 1. The van der Waals surface area contributed by atoms with Gasteiger partial charge in [-0.25, -0.2) is 8.42 Å². The number of sulfonamides is 1. The standard InChI is InChI=1S/C17H24N2O3S/c1-3-19(23(2,21)22)16-11-9-15(10-12-16)17(20)18-13-14-7-5-4-6-8-14/h7,9-12H,3-6,8,13H2,1-2H3,(H,18,20). The molecular formula is C17H24N2O3S. The van der Waals surface area contributed by atoms with Crippen LogP contribution in [0.3, 0.4) is 0 Å². The molecule has 0 aromatic heterocycles. The predicted octanol–water partition coefficient (Wildman–Crippen LogP) is 2.70. The molecule has 1 N–H and O–H groups in total. The maximum absolute atomic E-state index is 12.2. The molecule has 0 heterocycles. The number of rotatable bonds is 6. The zero-order valence-corrected chi connectivity index (χ0v) is 14.5. The number of anilines is 1. The highest BCUT2D eigenvalue weighted by atomic mass is 32.2. The Balaban J connectivity index is 2.01. The number of benzene rings is 1. The Labute approximate surface area is 138 Å². The molecular weight excluding hydrogens is 312 g/mol. The fraction of sp³-hybridized carbons (Fsp3) is 0.471. The minimum atomic E-state index is -3.30. The third kappa shape index (κ3) is 4.82. The lowest BCUT2D eigenvalue weighted by atomic mass is 9.99. The molecule has 0 atom stereocenters. The van der Waals surface area contributed by atoms with Gasteiger partial charge in [-0.15, -0.1) is 0 Å². The third-order valence-corrected chi connectivity index (χ3v) is 5.24. The van der Waals surface area contributed by atoms with Crippen LogP contribution in [0.4, 0.5) is 5.69 Å². The van der Waals surface area contributed by atoms with Crippen LogP contribution in [-0.2, 0) is 10.0 Å². The van der Waals surface area contributed by atoms with E-state index in [0.29, 0.717) is 24.3 Å². The van der Waals surface area contributed by atoms with Gasteiger partial charge in [0.2, 0.25) is 10.0 Å². The highest BCUT2D eigenvalue weighted by molar-refractivity contribution is 7.92. The molecule has 1 aliphatic rings. The van der Waals surface area contributed by atoms with Crippen molar-refractivity contribution in [2.75, 3.05) is 23.7 Å². The van der Waals surface area contributed by atoms with Gasteiger partial charge in [-0.2, -0.15) is 0 Å². The van der Waals surface area contributed by atoms with Crippen LogP contribution in [0.2, 0.25) is 0 Å². The zero-order chi connectivity index (χ0) is 16.9. The Morgan fingerprint density at radius 3 is 2.43 bits per heavy atom. The number of hydrogen-bond acceptors (Lipinski definition) is 3. The molecule has 1 aromatic rings. The molecule has 1 aromatic carbocycles. The van der Waals surface area contributed by atoms with Gasteiger partial charge in [0.1, 0.15) is 0 Å². The van der Waals surface area contributed by atoms with E-state index in [1.54, 1.807) is 31.2 Å². The van der Waals surface area contributed by atoms with Crippen molar-refractivity contribution in [3.8, 4) is 0 Å². The van der Waals surface area contributed by atoms with E-state index >= 15 is 0 Å². The molecule has 0 unspecified atom stereocenters. The summed E-state index contributed by atoms with van der Waals surface area (Å²) in [4.78, 5) is 12.2. The molecule has 2 rings (SSSR count). The van der Waals surface area contributed by atoms with Crippen molar-refractivity contribution < 1.29 is 13.2 Å². The van der Waals surface area contributed by atoms with Gasteiger partial charge < -0.3 is 5.32 Å². The summed E-state index contributed by atoms with van der Waals surface area (Å²) in [5.41, 5.74) is 2.40. The first kappa shape index (κ1) is 17.5. The second-order valence-electron chi connectivity index (χ2n) is 5.77. The van der Waals surface area contributed by atoms with Gasteiger partial charge in [-0.1, -0.05) is 11.6 Å². The lowest BCUT2D eigenvalue weighted by Crippen LogP contribution is -2.29. The van der Waals surface area contributed by atoms with Gasteiger partial charge in [-0.05, 0) is 56.9 Å². The Morgan fingerprint density at radius 2 is 1.91 bits per heavy atom. The first-order chi connectivity index (χ1) is 10.9. The molecule has 126 valence electrons. The molecule has 6 heteroatoms. The number of nitrogens with one attached hydrogen (secondary N) is 1. The summed E-state index contributed by atoms with van der Waals surface area (Å²) in [6, 6.07) is 6.65. The second-order valence-corrected chi connectivity index (χ2v) is 7.67. The van der Waals surface area contributed by atoms with Gasteiger partial charge in [-0.3, -0.25) is 9.10 Å². The van der Waals surface area contributed by atoms with E-state index in [9.17, 15) is 13.2 Å². The Morgan fingerprint density at radius 1 is 1.22 bits per heavy atom. The van der Waals surface area contributed by atoms with Crippen molar-refractivity contribution >= 4 is 21.6 Å². The van der Waals surface area contributed by atoms with Crippen LogP contribution in [0.15, 0.2) is 35.9 Å². The molecule has 0 bridgehead atoms. The quantitative estimate of drug-likeness (QED) is 0.812. The van der Waals surface area contributed by atoms with Crippen molar-refractivity contribution in [3.63, 3.8) is 0 Å². The fourth-order valence-electron chi connectivity index (χ4n) is 2.75. The number of nitrogens with zero attached hydrogens (tertiary/aromatic N) is 1. The Bertz CT molecular complexity index is 678. The Kier molecular flexibility index (Phi) is 5.82. The summed E-state index contributed by atoms with van der Waals surface area (Å²) in [7, 11) is -3.30. The molecule has 0 aliphatic heterocycles. The second kappa shape index (κ2) is 7.64. The summed E-state index contributed by atoms with van der Waals surface area (Å²) in [6.45, 7) is 2.73. The number of allylic oxidation sites excluding steroid dienone is 1. The number of carbonyl (C=O) groups excluding carboxylic acids is 1. The minimum Gasteiger partial charge on any atom is -0.348 e. The monoisotopic (exact) mass is 336 g/mol. The van der Waals surface area contributed by atoms with Gasteiger partial charge in [0.15, 0.2) is 0 Å². The first-order valence-electron chi connectivity index (χ1n) is 7.95. The smallest absolute Gasteiger partial charge is 0.251 e. The Hall–Kier alpha value is -1.82. The molecule has 0 radical (unpaired) electrons. The van der Waals surface area contributed by atoms with Crippen LogP contribution in [-0.4, -0.2) is 33.7 Å². The largest absolute Gasteiger partial charge is 0.348 e. The third-order valence-electron chi connectivity index (χ3n) is 3.97. The summed E-state index contributed by atoms with van der Waals surface area (Å²) < 4.78 is 24.7. The number of hydrogen-bond donors (Lipinski definition) is 1. The van der Waals surface area contributed by atoms with Crippen LogP contribution in [0.5, 0.6) is 0 Å². The number of carbonyl (C=O) groups is 1. The topological polar surface area (TPSA) is 66.5 Å². The molecule has 0 saturated heterocycles. The van der Waals surface area contributed by atoms with E-state index in [2.05, 4.69) is 11.4 Å². The van der Waals surface area contributed by atoms with E-state index in [-0.39, 0.29) is 5.91 Å². The van der Waals surface area contributed by atoms with Crippen molar-refractivity contribution in [2.45, 2.75) is 32.6 Å². The molecule has 0 saturated carbocycles. The molecule has 1 aliphatic carbocycles. The summed E-state index contributed by atoms with van der Waals surface area (Å²) in [5.74, 6) is -0.134. The van der Waals surface area contributed by atoms with Gasteiger partial charge in [0.25, 0.3) is 5.91 Å². The van der Waals surface area contributed by atoms with Crippen molar-refractivity contribution in [2.24, 2.45) is 0 Å². The van der Waals surface area contributed by atoms with E-state index in [1.807, 2.05) is 0 Å². The van der Waals surface area contributed by atoms with E-state index < -0.39 is 10.0 Å². The van der Waals surface area contributed by atoms with E-state index in [1.165, 1.54) is 29.0 Å². The average molecular weight is 336 g/mol. The zero-order valence-electron chi connectivity index (χ0n) is 13.7. The highest BCUT2D eigenvalue weighted by Gasteiger charge is 2.15. The minimum absolute atomic E-state index is 0.134. The molecule has 1 amide bonds. The van der Waals surface area contributed by atoms with Crippen LogP contribution < -0.4 is 9.62 Å². The van der Waals surface area contributed by atoms with Crippen LogP contribution in [0.25, 0.3) is 0 Å². The first-order valence-corrected chi connectivity index (χ1v) is 9.80. The van der Waals surface area contributed by atoms with Gasteiger partial charge in [0.05, 0.1) is 11.9 Å². The van der Waals surface area contributed by atoms with Crippen LogP contribution in [0, 0.1) is 0 Å². The molecule has 0 spiro atoms. The van der Waals surface area contributed by atoms with Crippen molar-refractivity contribution in [1.29, 1.82) is 0 Å². The highest BCUT2D eigenvalue weighted by Crippen LogP contribution is 2.19. The normalized spacial score (nSPS) is 15.0. The summed E-state index contributed by atoms with van der Waals surface area (Å²) >= 11 is 0. The molecule has 0 fully saturated rings. The van der Waals surface area contributed by atoms with Crippen molar-refractivity contribution in [1.82, 2.24) is 5.32 Å². The van der Waals surface area contributed by atoms with Gasteiger partial charge >= 0.3 is 0 Å². The maximum Gasteiger partial charge on any atom is 0.251 e. The van der Waals surface area contributed by atoms with Crippen LogP contribution >= 0.6 is 0 Å². The lowest BCUT2D eigenvalue weighted by Gasteiger charge is -2.20. The molecule has 5 nitrogen and oxygen atoms in total. The van der Waals surface area contributed by atoms with Crippen molar-refractivity contribution in [3.05, 3.63) is 41.5 Å². The fourth-order valence-corrected chi connectivity index (χ4v) is 3.72. The van der Waals surface area contributed by atoms with Crippen LogP contribution in [0.1, 0.15) is 43.0 Å². The predicted molar refractivity (Wildman–Crippen MR) is 93.2 cm³/mol.